The molecule has 1 heterocycles. The van der Waals surface area contributed by atoms with E-state index in [9.17, 15) is 4.79 Å². The molecule has 0 fully saturated rings. The van der Waals surface area contributed by atoms with E-state index in [4.69, 9.17) is 5.73 Å². The second kappa shape index (κ2) is 8.62. The number of hydrogen-bond donors (Lipinski definition) is 2. The summed E-state index contributed by atoms with van der Waals surface area (Å²) in [5.41, 5.74) is 5.74. The zero-order valence-electron chi connectivity index (χ0n) is 12.7. The normalized spacial score (nSPS) is 12.9. The SMILES string of the molecule is CC(NC(=O)CN(C)CC(C)(C)CN)c1cccs1.Cl. The van der Waals surface area contributed by atoms with Crippen LogP contribution in [0.3, 0.4) is 0 Å². The van der Waals surface area contributed by atoms with Crippen LogP contribution < -0.4 is 11.1 Å². The number of thiophene rings is 1. The van der Waals surface area contributed by atoms with Crippen LogP contribution in [-0.4, -0.2) is 37.5 Å². The van der Waals surface area contributed by atoms with Crippen LogP contribution in [0.4, 0.5) is 0 Å². The van der Waals surface area contributed by atoms with Crippen LogP contribution in [0.2, 0.25) is 0 Å². The molecule has 0 bridgehead atoms. The zero-order chi connectivity index (χ0) is 14.5. The van der Waals surface area contributed by atoms with Gasteiger partial charge >= 0.3 is 0 Å². The van der Waals surface area contributed by atoms with E-state index < -0.39 is 0 Å². The Bertz CT molecular complexity index is 395. The maximum atomic E-state index is 12.0. The van der Waals surface area contributed by atoms with Gasteiger partial charge in [0.05, 0.1) is 12.6 Å². The smallest absolute Gasteiger partial charge is 0.234 e. The molecule has 0 radical (unpaired) electrons. The molecule has 1 aromatic heterocycles. The first kappa shape index (κ1) is 19.4. The van der Waals surface area contributed by atoms with E-state index in [0.717, 1.165) is 6.54 Å². The summed E-state index contributed by atoms with van der Waals surface area (Å²) in [6.45, 7) is 8.05. The lowest BCUT2D eigenvalue weighted by molar-refractivity contribution is -0.122. The molecule has 6 heteroatoms. The van der Waals surface area contributed by atoms with Gasteiger partial charge in [-0.15, -0.1) is 23.7 Å². The Balaban J connectivity index is 0.00000361. The second-order valence-electron chi connectivity index (χ2n) is 5.85. The summed E-state index contributed by atoms with van der Waals surface area (Å²) < 4.78 is 0. The Morgan fingerprint density at radius 1 is 1.55 bits per heavy atom. The number of nitrogens with two attached hydrogens (primary N) is 1. The number of likely N-dealkylation sites (N-methyl/N-ethyl adjacent to an activating group) is 1. The van der Waals surface area contributed by atoms with Crippen LogP contribution >= 0.6 is 23.7 Å². The lowest BCUT2D eigenvalue weighted by Crippen LogP contribution is -2.42. The average molecular weight is 320 g/mol. The van der Waals surface area contributed by atoms with E-state index in [0.29, 0.717) is 13.1 Å². The maximum Gasteiger partial charge on any atom is 0.234 e. The molecule has 20 heavy (non-hydrogen) atoms. The quantitative estimate of drug-likeness (QED) is 0.810. The van der Waals surface area contributed by atoms with Gasteiger partial charge in [-0.05, 0) is 37.4 Å². The van der Waals surface area contributed by atoms with Gasteiger partial charge in [-0.2, -0.15) is 0 Å². The number of nitrogens with zero attached hydrogens (tertiary/aromatic N) is 1. The lowest BCUT2D eigenvalue weighted by Gasteiger charge is -2.28. The van der Waals surface area contributed by atoms with Crippen molar-refractivity contribution in [3.05, 3.63) is 22.4 Å². The van der Waals surface area contributed by atoms with Gasteiger partial charge < -0.3 is 11.1 Å². The van der Waals surface area contributed by atoms with Crippen molar-refractivity contribution < 1.29 is 4.79 Å². The fourth-order valence-electron chi connectivity index (χ4n) is 1.99. The number of halogens is 1. The lowest BCUT2D eigenvalue weighted by atomic mass is 9.93. The molecule has 0 spiro atoms. The summed E-state index contributed by atoms with van der Waals surface area (Å²) in [7, 11) is 1.95. The highest BCUT2D eigenvalue weighted by Gasteiger charge is 2.20. The number of hydrogen-bond acceptors (Lipinski definition) is 4. The molecule has 1 aromatic rings. The van der Waals surface area contributed by atoms with E-state index in [1.807, 2.05) is 36.4 Å². The first-order valence-corrected chi connectivity index (χ1v) is 7.43. The Morgan fingerprint density at radius 3 is 2.70 bits per heavy atom. The molecule has 1 rings (SSSR count). The predicted octanol–water partition coefficient (Wildman–Crippen LogP) is 2.26. The fraction of sp³-hybridized carbons (Fsp3) is 0.643. The topological polar surface area (TPSA) is 58.4 Å². The minimum Gasteiger partial charge on any atom is -0.348 e. The van der Waals surface area contributed by atoms with E-state index >= 15 is 0 Å². The molecule has 4 nitrogen and oxygen atoms in total. The van der Waals surface area contributed by atoms with Crippen molar-refractivity contribution in [3.8, 4) is 0 Å². The summed E-state index contributed by atoms with van der Waals surface area (Å²) in [4.78, 5) is 15.2. The van der Waals surface area contributed by atoms with Crippen molar-refractivity contribution in [3.63, 3.8) is 0 Å². The highest BCUT2D eigenvalue weighted by Crippen LogP contribution is 2.18. The third kappa shape index (κ3) is 6.70. The molecular formula is C14H26ClN3OS. The van der Waals surface area contributed by atoms with Gasteiger partial charge in [-0.3, -0.25) is 9.69 Å². The molecule has 1 atom stereocenters. The van der Waals surface area contributed by atoms with Gasteiger partial charge in [0, 0.05) is 11.4 Å². The average Bonchev–Trinajstić information content (AvgIpc) is 2.81. The van der Waals surface area contributed by atoms with Crippen molar-refractivity contribution in [1.29, 1.82) is 0 Å². The molecule has 1 unspecified atom stereocenters. The zero-order valence-corrected chi connectivity index (χ0v) is 14.3. The van der Waals surface area contributed by atoms with E-state index in [-0.39, 0.29) is 29.8 Å². The summed E-state index contributed by atoms with van der Waals surface area (Å²) in [5.74, 6) is 0.0521. The number of amides is 1. The van der Waals surface area contributed by atoms with Crippen LogP contribution in [0.25, 0.3) is 0 Å². The van der Waals surface area contributed by atoms with E-state index in [1.165, 1.54) is 4.88 Å². The first-order valence-electron chi connectivity index (χ1n) is 6.55. The highest BCUT2D eigenvalue weighted by atomic mass is 35.5. The Hall–Kier alpha value is -0.620. The molecule has 1 amide bonds. The van der Waals surface area contributed by atoms with Gasteiger partial charge in [-0.25, -0.2) is 0 Å². The highest BCUT2D eigenvalue weighted by molar-refractivity contribution is 7.10. The van der Waals surface area contributed by atoms with E-state index in [1.54, 1.807) is 11.3 Å². The Morgan fingerprint density at radius 2 is 2.20 bits per heavy atom. The molecule has 0 aliphatic carbocycles. The minimum absolute atomic E-state index is 0. The van der Waals surface area contributed by atoms with Gasteiger partial charge in [0.1, 0.15) is 0 Å². The number of rotatable bonds is 7. The molecule has 0 aliphatic rings. The molecule has 116 valence electrons. The monoisotopic (exact) mass is 319 g/mol. The second-order valence-corrected chi connectivity index (χ2v) is 6.82. The fourth-order valence-corrected chi connectivity index (χ4v) is 2.73. The summed E-state index contributed by atoms with van der Waals surface area (Å²) in [6, 6.07) is 4.11. The summed E-state index contributed by atoms with van der Waals surface area (Å²) in [6.07, 6.45) is 0. The van der Waals surface area contributed by atoms with Gasteiger partial charge in [0.2, 0.25) is 5.91 Å². The molecule has 3 N–H and O–H groups in total. The van der Waals surface area contributed by atoms with Crippen LogP contribution in [-0.2, 0) is 4.79 Å². The minimum atomic E-state index is 0. The standard InChI is InChI=1S/C14H25N3OS.ClH/c1-11(12-6-5-7-19-12)16-13(18)8-17(4)10-14(2,3)9-15;/h5-7,11H,8-10,15H2,1-4H3,(H,16,18);1H. The van der Waals surface area contributed by atoms with Crippen molar-refractivity contribution in [2.45, 2.75) is 26.8 Å². The number of nitrogens with one attached hydrogen (secondary N) is 1. The molecule has 0 aliphatic heterocycles. The van der Waals surface area contributed by atoms with E-state index in [2.05, 4.69) is 19.2 Å². The van der Waals surface area contributed by atoms with Crippen molar-refractivity contribution in [2.24, 2.45) is 11.1 Å². The molecular weight excluding hydrogens is 294 g/mol. The molecule has 0 saturated heterocycles. The van der Waals surface area contributed by atoms with Crippen molar-refractivity contribution in [2.75, 3.05) is 26.7 Å². The number of carbonyl (C=O) groups excluding carboxylic acids is 1. The summed E-state index contributed by atoms with van der Waals surface area (Å²) in [5, 5.41) is 5.04. The molecule has 0 saturated carbocycles. The predicted molar refractivity (Wildman–Crippen MR) is 88.5 cm³/mol. The van der Waals surface area contributed by atoms with Crippen LogP contribution in [0, 0.1) is 5.41 Å². The Kier molecular flexibility index (Phi) is 8.35. The van der Waals surface area contributed by atoms with Crippen LogP contribution in [0.5, 0.6) is 0 Å². The van der Waals surface area contributed by atoms with Crippen molar-refractivity contribution in [1.82, 2.24) is 10.2 Å². The Labute approximate surface area is 132 Å². The van der Waals surface area contributed by atoms with Crippen LogP contribution in [0.15, 0.2) is 17.5 Å². The van der Waals surface area contributed by atoms with Crippen LogP contribution in [0.1, 0.15) is 31.7 Å². The van der Waals surface area contributed by atoms with Gasteiger partial charge in [0.15, 0.2) is 0 Å². The molecule has 0 aromatic carbocycles. The van der Waals surface area contributed by atoms with Gasteiger partial charge in [-0.1, -0.05) is 19.9 Å². The number of carbonyl (C=O) groups is 1. The first-order chi connectivity index (χ1) is 8.84. The summed E-state index contributed by atoms with van der Waals surface area (Å²) >= 11 is 1.66. The largest absolute Gasteiger partial charge is 0.348 e. The third-order valence-electron chi connectivity index (χ3n) is 3.01. The van der Waals surface area contributed by atoms with Gasteiger partial charge in [0.25, 0.3) is 0 Å². The maximum absolute atomic E-state index is 12.0. The van der Waals surface area contributed by atoms with Crippen molar-refractivity contribution >= 4 is 29.7 Å². The third-order valence-corrected chi connectivity index (χ3v) is 4.07.